The second-order valence-corrected chi connectivity index (χ2v) is 6.25. The topological polar surface area (TPSA) is 142 Å². The van der Waals surface area contributed by atoms with Crippen LogP contribution in [0.3, 0.4) is 0 Å². The number of nitrogens with two attached hydrogens (primary N) is 1. The summed E-state index contributed by atoms with van der Waals surface area (Å²) >= 11 is 1.14. The average molecular weight is 386 g/mol. The average Bonchev–Trinajstić information content (AvgIpc) is 3.33. The highest BCUT2D eigenvalue weighted by molar-refractivity contribution is 7.14. The number of nitrogens with one attached hydrogen (secondary N) is 1. The molecule has 2 aromatic heterocycles. The van der Waals surface area contributed by atoms with Crippen LogP contribution < -0.4 is 11.1 Å². The number of carbonyl (C=O) groups excluding carboxylic acids is 3. The number of aromatic nitrogens is 4. The predicted molar refractivity (Wildman–Crippen MR) is 95.5 cm³/mol. The van der Waals surface area contributed by atoms with Gasteiger partial charge in [0.05, 0.1) is 16.8 Å². The number of esters is 1. The van der Waals surface area contributed by atoms with Crippen LogP contribution in [0.5, 0.6) is 0 Å². The number of nitrogens with zero attached hydrogens (tertiary/aromatic N) is 4. The smallest absolute Gasteiger partial charge is 0.341 e. The summed E-state index contributed by atoms with van der Waals surface area (Å²) in [6, 6.07) is 8.05. The largest absolute Gasteiger partial charge is 0.449 e. The molecule has 2 amide bonds. The highest BCUT2D eigenvalue weighted by atomic mass is 32.1. The van der Waals surface area contributed by atoms with Gasteiger partial charge in [0.25, 0.3) is 11.8 Å². The molecular formula is C16H14N6O4S. The Morgan fingerprint density at radius 3 is 2.70 bits per heavy atom. The molecule has 0 saturated heterocycles. The summed E-state index contributed by atoms with van der Waals surface area (Å²) in [7, 11) is 0. The fourth-order valence-electron chi connectivity index (χ4n) is 2.21. The van der Waals surface area contributed by atoms with E-state index in [0.717, 1.165) is 11.3 Å². The molecule has 3 aromatic rings. The van der Waals surface area contributed by atoms with Gasteiger partial charge >= 0.3 is 5.97 Å². The van der Waals surface area contributed by atoms with Crippen LogP contribution in [0.2, 0.25) is 0 Å². The number of rotatable bonds is 6. The molecule has 0 bridgehead atoms. The Kier molecular flexibility index (Phi) is 5.22. The number of hydrogen-bond donors (Lipinski definition) is 2. The van der Waals surface area contributed by atoms with Gasteiger partial charge in [-0.2, -0.15) is 4.68 Å². The number of benzene rings is 1. The normalized spacial score (nSPS) is 11.6. The summed E-state index contributed by atoms with van der Waals surface area (Å²) in [5, 5.41) is 15.3. The number of carbonyl (C=O) groups is 3. The molecule has 0 fully saturated rings. The summed E-state index contributed by atoms with van der Waals surface area (Å²) < 4.78 is 6.55. The van der Waals surface area contributed by atoms with Crippen LogP contribution in [0.25, 0.3) is 5.69 Å². The summed E-state index contributed by atoms with van der Waals surface area (Å²) in [4.78, 5) is 36.1. The standard InChI is InChI=1S/C16H14N6O4S/c1-9(14(24)19-15-11(13(17)23)6-7-27-15)26-16(25)10-4-2-3-5-12(10)22-8-18-20-21-22/h2-9H,1H3,(H2,17,23)(H,19,24)/t9-/m1/s1. The van der Waals surface area contributed by atoms with Gasteiger partial charge in [0, 0.05) is 0 Å². The molecule has 0 unspecified atom stereocenters. The van der Waals surface area contributed by atoms with E-state index in [9.17, 15) is 14.4 Å². The van der Waals surface area contributed by atoms with E-state index in [1.54, 1.807) is 23.6 Å². The first kappa shape index (κ1) is 18.2. The summed E-state index contributed by atoms with van der Waals surface area (Å²) in [6.07, 6.45) is 0.229. The lowest BCUT2D eigenvalue weighted by molar-refractivity contribution is -0.123. The van der Waals surface area contributed by atoms with E-state index in [0.29, 0.717) is 10.7 Å². The van der Waals surface area contributed by atoms with Crippen LogP contribution in [0.4, 0.5) is 5.00 Å². The van der Waals surface area contributed by atoms with Crippen molar-refractivity contribution in [1.82, 2.24) is 20.2 Å². The molecule has 138 valence electrons. The van der Waals surface area contributed by atoms with Crippen LogP contribution in [0, 0.1) is 0 Å². The van der Waals surface area contributed by atoms with Gasteiger partial charge in [0.1, 0.15) is 11.3 Å². The third-order valence-corrected chi connectivity index (χ3v) is 4.37. The van der Waals surface area contributed by atoms with Crippen LogP contribution in [-0.4, -0.2) is 44.1 Å². The molecule has 1 atom stereocenters. The molecule has 0 spiro atoms. The molecular weight excluding hydrogens is 372 g/mol. The molecule has 3 rings (SSSR count). The molecule has 0 radical (unpaired) electrons. The lowest BCUT2D eigenvalue weighted by Gasteiger charge is -2.14. The van der Waals surface area contributed by atoms with E-state index in [4.69, 9.17) is 10.5 Å². The molecule has 27 heavy (non-hydrogen) atoms. The molecule has 10 nitrogen and oxygen atoms in total. The number of primary amides is 1. The van der Waals surface area contributed by atoms with E-state index in [-0.39, 0.29) is 11.1 Å². The number of para-hydroxylation sites is 1. The van der Waals surface area contributed by atoms with Gasteiger partial charge in [-0.15, -0.1) is 16.4 Å². The molecule has 0 aliphatic rings. The molecule has 2 heterocycles. The van der Waals surface area contributed by atoms with Crippen molar-refractivity contribution in [1.29, 1.82) is 0 Å². The van der Waals surface area contributed by atoms with Gasteiger partial charge in [-0.1, -0.05) is 12.1 Å². The van der Waals surface area contributed by atoms with Crippen LogP contribution in [0.15, 0.2) is 42.0 Å². The van der Waals surface area contributed by atoms with Gasteiger partial charge < -0.3 is 15.8 Å². The molecule has 0 aliphatic carbocycles. The first-order valence-corrected chi connectivity index (χ1v) is 8.57. The van der Waals surface area contributed by atoms with Crippen molar-refractivity contribution in [3.8, 4) is 5.69 Å². The summed E-state index contributed by atoms with van der Waals surface area (Å²) in [5.74, 6) is -1.97. The van der Waals surface area contributed by atoms with Crippen molar-refractivity contribution >= 4 is 34.1 Å². The van der Waals surface area contributed by atoms with Crippen LogP contribution in [0.1, 0.15) is 27.6 Å². The lowest BCUT2D eigenvalue weighted by atomic mass is 10.2. The van der Waals surface area contributed by atoms with Crippen molar-refractivity contribution in [3.05, 3.63) is 53.2 Å². The second kappa shape index (κ2) is 7.74. The first-order valence-electron chi connectivity index (χ1n) is 7.69. The number of anilines is 1. The Hall–Kier alpha value is -3.60. The third kappa shape index (κ3) is 3.98. The Morgan fingerprint density at radius 1 is 1.22 bits per heavy atom. The quantitative estimate of drug-likeness (QED) is 0.602. The maximum atomic E-state index is 12.5. The zero-order valence-electron chi connectivity index (χ0n) is 14.0. The fraction of sp³-hybridized carbons (Fsp3) is 0.125. The SMILES string of the molecule is C[C@@H](OC(=O)c1ccccc1-n1cnnn1)C(=O)Nc1sccc1C(N)=O. The van der Waals surface area contributed by atoms with Crippen molar-refractivity contribution in [2.24, 2.45) is 5.73 Å². The van der Waals surface area contributed by atoms with E-state index in [1.165, 1.54) is 30.1 Å². The number of hydrogen-bond acceptors (Lipinski definition) is 8. The van der Waals surface area contributed by atoms with Gasteiger partial charge in [-0.25, -0.2) is 4.79 Å². The zero-order valence-corrected chi connectivity index (χ0v) is 14.8. The molecule has 0 aliphatic heterocycles. The van der Waals surface area contributed by atoms with Gasteiger partial charge in [-0.05, 0) is 40.9 Å². The Labute approximate surface area is 156 Å². The fourth-order valence-corrected chi connectivity index (χ4v) is 3.00. The maximum absolute atomic E-state index is 12.5. The number of thiophene rings is 1. The van der Waals surface area contributed by atoms with Crippen molar-refractivity contribution < 1.29 is 19.1 Å². The first-order chi connectivity index (χ1) is 13.0. The van der Waals surface area contributed by atoms with Crippen molar-refractivity contribution in [3.63, 3.8) is 0 Å². The van der Waals surface area contributed by atoms with Gasteiger partial charge in [0.15, 0.2) is 6.10 Å². The van der Waals surface area contributed by atoms with Crippen LogP contribution >= 0.6 is 11.3 Å². The minimum atomic E-state index is -1.11. The second-order valence-electron chi connectivity index (χ2n) is 5.34. The lowest BCUT2D eigenvalue weighted by Crippen LogP contribution is -2.30. The van der Waals surface area contributed by atoms with Gasteiger partial charge in [0.2, 0.25) is 0 Å². The molecule has 3 N–H and O–H groups in total. The van der Waals surface area contributed by atoms with E-state index < -0.39 is 23.9 Å². The summed E-state index contributed by atoms with van der Waals surface area (Å²) in [5.41, 5.74) is 6.04. The van der Waals surface area contributed by atoms with Crippen LogP contribution in [-0.2, 0) is 9.53 Å². The monoisotopic (exact) mass is 386 g/mol. The van der Waals surface area contributed by atoms with Gasteiger partial charge in [-0.3, -0.25) is 9.59 Å². The highest BCUT2D eigenvalue weighted by Crippen LogP contribution is 2.23. The van der Waals surface area contributed by atoms with E-state index in [1.807, 2.05) is 0 Å². The number of tetrazole rings is 1. The number of ether oxygens (including phenoxy) is 1. The highest BCUT2D eigenvalue weighted by Gasteiger charge is 2.23. The number of amides is 2. The van der Waals surface area contributed by atoms with Crippen molar-refractivity contribution in [2.45, 2.75) is 13.0 Å². The third-order valence-electron chi connectivity index (χ3n) is 3.54. The Bertz CT molecular complexity index is 984. The van der Waals surface area contributed by atoms with E-state index >= 15 is 0 Å². The Morgan fingerprint density at radius 2 is 2.00 bits per heavy atom. The minimum absolute atomic E-state index is 0.191. The zero-order chi connectivity index (χ0) is 19.4. The van der Waals surface area contributed by atoms with E-state index in [2.05, 4.69) is 20.8 Å². The minimum Gasteiger partial charge on any atom is -0.449 e. The molecule has 0 saturated carbocycles. The maximum Gasteiger partial charge on any atom is 0.341 e. The summed E-state index contributed by atoms with van der Waals surface area (Å²) in [6.45, 7) is 1.42. The molecule has 1 aromatic carbocycles. The van der Waals surface area contributed by atoms with Crippen molar-refractivity contribution in [2.75, 3.05) is 5.32 Å². The predicted octanol–water partition coefficient (Wildman–Crippen LogP) is 1.01. The Balaban J connectivity index is 1.72. The molecule has 11 heteroatoms.